The average Bonchev–Trinajstić information content (AvgIpc) is 2.46. The molecule has 0 aromatic heterocycles. The lowest BCUT2D eigenvalue weighted by Gasteiger charge is -2.46. The molecule has 4 atom stereocenters. The molecule has 2 heteroatoms. The Morgan fingerprint density at radius 2 is 1.90 bits per heavy atom. The SMILES string of the molecule is CC(C)(C)C1CCC2OCC(Cc3ccccc3)NC2C1. The predicted octanol–water partition coefficient (Wildman–Crippen LogP) is 3.80. The van der Waals surface area contributed by atoms with E-state index in [0.717, 1.165) is 18.9 Å². The second-order valence-electron chi connectivity index (χ2n) is 7.91. The first-order valence-electron chi connectivity index (χ1n) is 8.44. The van der Waals surface area contributed by atoms with E-state index in [9.17, 15) is 0 Å². The van der Waals surface area contributed by atoms with Crippen molar-refractivity contribution in [2.45, 2.75) is 64.6 Å². The number of nitrogens with one attached hydrogen (secondary N) is 1. The van der Waals surface area contributed by atoms with Crippen LogP contribution in [0.25, 0.3) is 0 Å². The zero-order chi connectivity index (χ0) is 14.9. The van der Waals surface area contributed by atoms with Gasteiger partial charge in [0.1, 0.15) is 0 Å². The van der Waals surface area contributed by atoms with Crippen molar-refractivity contribution in [3.8, 4) is 0 Å². The van der Waals surface area contributed by atoms with Crippen molar-refractivity contribution in [3.63, 3.8) is 0 Å². The Bertz CT molecular complexity index is 450. The molecule has 0 spiro atoms. The minimum absolute atomic E-state index is 0.416. The Labute approximate surface area is 129 Å². The molecule has 1 aromatic carbocycles. The highest BCUT2D eigenvalue weighted by Crippen LogP contribution is 2.39. The zero-order valence-electron chi connectivity index (χ0n) is 13.6. The van der Waals surface area contributed by atoms with Gasteiger partial charge in [0.25, 0.3) is 0 Å². The smallest absolute Gasteiger partial charge is 0.0729 e. The minimum Gasteiger partial charge on any atom is -0.375 e. The van der Waals surface area contributed by atoms with Gasteiger partial charge in [-0.3, -0.25) is 0 Å². The number of hydrogen-bond donors (Lipinski definition) is 1. The summed E-state index contributed by atoms with van der Waals surface area (Å²) in [6, 6.07) is 11.8. The first kappa shape index (κ1) is 15.1. The molecule has 1 saturated carbocycles. The number of benzene rings is 1. The van der Waals surface area contributed by atoms with Gasteiger partial charge in [-0.2, -0.15) is 0 Å². The summed E-state index contributed by atoms with van der Waals surface area (Å²) in [7, 11) is 0. The van der Waals surface area contributed by atoms with Crippen LogP contribution in [0.2, 0.25) is 0 Å². The van der Waals surface area contributed by atoms with E-state index in [1.165, 1.54) is 24.8 Å². The summed E-state index contributed by atoms with van der Waals surface area (Å²) in [5, 5.41) is 3.88. The third-order valence-corrected chi connectivity index (χ3v) is 5.30. The molecule has 1 aliphatic carbocycles. The van der Waals surface area contributed by atoms with Crippen LogP contribution >= 0.6 is 0 Å². The molecule has 116 valence electrons. The fourth-order valence-electron chi connectivity index (χ4n) is 3.91. The van der Waals surface area contributed by atoms with Gasteiger partial charge in [0.2, 0.25) is 0 Å². The van der Waals surface area contributed by atoms with Crippen molar-refractivity contribution in [1.29, 1.82) is 0 Å². The maximum atomic E-state index is 6.17. The molecule has 0 radical (unpaired) electrons. The van der Waals surface area contributed by atoms with E-state index < -0.39 is 0 Å². The molecule has 1 aliphatic heterocycles. The van der Waals surface area contributed by atoms with Crippen molar-refractivity contribution in [2.75, 3.05) is 6.61 Å². The summed E-state index contributed by atoms with van der Waals surface area (Å²) in [5.41, 5.74) is 1.82. The fourth-order valence-corrected chi connectivity index (χ4v) is 3.91. The van der Waals surface area contributed by atoms with Gasteiger partial charge < -0.3 is 10.1 Å². The lowest BCUT2D eigenvalue weighted by Crippen LogP contribution is -2.57. The molecule has 1 aromatic rings. The number of fused-ring (bicyclic) bond motifs is 1. The van der Waals surface area contributed by atoms with Crippen LogP contribution in [0.5, 0.6) is 0 Å². The van der Waals surface area contributed by atoms with Crippen LogP contribution in [0, 0.1) is 11.3 Å². The van der Waals surface area contributed by atoms with Gasteiger partial charge in [-0.15, -0.1) is 0 Å². The molecule has 21 heavy (non-hydrogen) atoms. The van der Waals surface area contributed by atoms with Crippen LogP contribution in [-0.4, -0.2) is 24.8 Å². The quantitative estimate of drug-likeness (QED) is 0.893. The lowest BCUT2D eigenvalue weighted by molar-refractivity contribution is -0.0646. The van der Waals surface area contributed by atoms with E-state index in [4.69, 9.17) is 4.74 Å². The molecular weight excluding hydrogens is 258 g/mol. The molecule has 0 amide bonds. The molecule has 2 aliphatic rings. The summed E-state index contributed by atoms with van der Waals surface area (Å²) < 4.78 is 6.17. The number of morpholine rings is 1. The van der Waals surface area contributed by atoms with Crippen molar-refractivity contribution < 1.29 is 4.74 Å². The molecular formula is C19H29NO. The van der Waals surface area contributed by atoms with Gasteiger partial charge in [-0.05, 0) is 42.6 Å². The molecule has 2 fully saturated rings. The molecule has 0 bridgehead atoms. The van der Waals surface area contributed by atoms with E-state index >= 15 is 0 Å². The maximum absolute atomic E-state index is 6.17. The first-order valence-corrected chi connectivity index (χ1v) is 8.44. The highest BCUT2D eigenvalue weighted by molar-refractivity contribution is 5.16. The normalized spacial score (nSPS) is 33.5. The van der Waals surface area contributed by atoms with Crippen molar-refractivity contribution >= 4 is 0 Å². The number of rotatable bonds is 2. The minimum atomic E-state index is 0.416. The van der Waals surface area contributed by atoms with Crippen molar-refractivity contribution in [2.24, 2.45) is 11.3 Å². The summed E-state index contributed by atoms with van der Waals surface area (Å²) in [5.74, 6) is 0.810. The number of ether oxygens (including phenoxy) is 1. The Morgan fingerprint density at radius 1 is 1.14 bits per heavy atom. The number of hydrogen-bond acceptors (Lipinski definition) is 2. The van der Waals surface area contributed by atoms with Crippen LogP contribution in [-0.2, 0) is 11.2 Å². The van der Waals surface area contributed by atoms with Gasteiger partial charge in [0, 0.05) is 12.1 Å². The highest BCUT2D eigenvalue weighted by Gasteiger charge is 2.39. The maximum Gasteiger partial charge on any atom is 0.0729 e. The molecule has 1 N–H and O–H groups in total. The molecule has 4 unspecified atom stereocenters. The van der Waals surface area contributed by atoms with Crippen molar-refractivity contribution in [3.05, 3.63) is 35.9 Å². The third kappa shape index (κ3) is 3.67. The van der Waals surface area contributed by atoms with E-state index in [-0.39, 0.29) is 0 Å². The Hall–Kier alpha value is -0.860. The van der Waals surface area contributed by atoms with Gasteiger partial charge in [0.15, 0.2) is 0 Å². The van der Waals surface area contributed by atoms with Crippen LogP contribution in [0.4, 0.5) is 0 Å². The molecule has 1 saturated heterocycles. The van der Waals surface area contributed by atoms with Gasteiger partial charge in [0.05, 0.1) is 12.7 Å². The second kappa shape index (κ2) is 6.10. The van der Waals surface area contributed by atoms with Crippen LogP contribution in [0.15, 0.2) is 30.3 Å². The average molecular weight is 287 g/mol. The van der Waals surface area contributed by atoms with E-state index in [2.05, 4.69) is 56.4 Å². The summed E-state index contributed by atoms with van der Waals surface area (Å²) in [6.07, 6.45) is 5.31. The Balaban J connectivity index is 1.60. The Morgan fingerprint density at radius 3 is 2.62 bits per heavy atom. The summed E-state index contributed by atoms with van der Waals surface area (Å²) >= 11 is 0. The van der Waals surface area contributed by atoms with Gasteiger partial charge in [-0.25, -0.2) is 0 Å². The van der Waals surface area contributed by atoms with Crippen molar-refractivity contribution in [1.82, 2.24) is 5.32 Å². The van der Waals surface area contributed by atoms with E-state index in [1.807, 2.05) is 0 Å². The first-order chi connectivity index (χ1) is 10.0. The van der Waals surface area contributed by atoms with Gasteiger partial charge >= 0.3 is 0 Å². The largest absolute Gasteiger partial charge is 0.375 e. The predicted molar refractivity (Wildman–Crippen MR) is 87.4 cm³/mol. The molecule has 1 heterocycles. The second-order valence-corrected chi connectivity index (χ2v) is 7.91. The van der Waals surface area contributed by atoms with Gasteiger partial charge in [-0.1, -0.05) is 51.1 Å². The third-order valence-electron chi connectivity index (χ3n) is 5.30. The Kier molecular flexibility index (Phi) is 4.37. The monoisotopic (exact) mass is 287 g/mol. The van der Waals surface area contributed by atoms with E-state index in [1.54, 1.807) is 0 Å². The van der Waals surface area contributed by atoms with E-state index in [0.29, 0.717) is 23.6 Å². The lowest BCUT2D eigenvalue weighted by atomic mass is 9.70. The zero-order valence-corrected chi connectivity index (χ0v) is 13.6. The summed E-state index contributed by atoms with van der Waals surface area (Å²) in [4.78, 5) is 0. The van der Waals surface area contributed by atoms with Crippen LogP contribution in [0.3, 0.4) is 0 Å². The molecule has 2 nitrogen and oxygen atoms in total. The topological polar surface area (TPSA) is 21.3 Å². The fraction of sp³-hybridized carbons (Fsp3) is 0.684. The van der Waals surface area contributed by atoms with Crippen LogP contribution in [0.1, 0.15) is 45.6 Å². The highest BCUT2D eigenvalue weighted by atomic mass is 16.5. The molecule has 3 rings (SSSR count). The standard InChI is InChI=1S/C19H29NO/c1-19(2,3)15-9-10-18-17(12-15)20-16(13-21-18)11-14-7-5-4-6-8-14/h4-8,15-18,20H,9-13H2,1-3H3. The summed E-state index contributed by atoms with van der Waals surface area (Å²) in [6.45, 7) is 7.99. The van der Waals surface area contributed by atoms with Crippen LogP contribution < -0.4 is 5.32 Å².